The van der Waals surface area contributed by atoms with Crippen LogP contribution in [-0.2, 0) is 4.79 Å². The van der Waals surface area contributed by atoms with Gasteiger partial charge < -0.3 is 15.4 Å². The Morgan fingerprint density at radius 2 is 2.10 bits per heavy atom. The van der Waals surface area contributed by atoms with Crippen LogP contribution in [0.15, 0.2) is 30.6 Å². The Morgan fingerprint density at radius 3 is 2.76 bits per heavy atom. The van der Waals surface area contributed by atoms with Crippen LogP contribution >= 0.6 is 11.9 Å². The molecule has 0 aromatic carbocycles. The summed E-state index contributed by atoms with van der Waals surface area (Å²) in [6.07, 6.45) is 5.32. The molecule has 2 aromatic rings. The second-order valence-electron chi connectivity index (χ2n) is 4.42. The minimum atomic E-state index is -0.155. The smallest absolute Gasteiger partial charge is 0.222 e. The molecule has 0 unspecified atom stereocenters. The summed E-state index contributed by atoms with van der Waals surface area (Å²) in [5.74, 6) is 0.834. The SMILES string of the molecule is CSN(C)c1cc(-c2ccnc(NC(C)=O)c2)cnc1N. The van der Waals surface area contributed by atoms with E-state index in [9.17, 15) is 4.79 Å². The molecule has 0 radical (unpaired) electrons. The van der Waals surface area contributed by atoms with Gasteiger partial charge in [0.25, 0.3) is 0 Å². The van der Waals surface area contributed by atoms with Crippen LogP contribution in [0, 0.1) is 0 Å². The highest BCUT2D eigenvalue weighted by Gasteiger charge is 2.09. The van der Waals surface area contributed by atoms with Gasteiger partial charge in [0.15, 0.2) is 0 Å². The molecule has 0 fully saturated rings. The van der Waals surface area contributed by atoms with Crippen molar-refractivity contribution < 1.29 is 4.79 Å². The number of hydrogen-bond acceptors (Lipinski definition) is 6. The number of anilines is 3. The predicted octanol–water partition coefficient (Wildman–Crippen LogP) is 2.40. The Morgan fingerprint density at radius 1 is 1.33 bits per heavy atom. The molecule has 0 spiro atoms. The molecule has 0 bridgehead atoms. The van der Waals surface area contributed by atoms with Crippen molar-refractivity contribution in [1.29, 1.82) is 0 Å². The first-order valence-electron chi connectivity index (χ1n) is 6.28. The summed E-state index contributed by atoms with van der Waals surface area (Å²) in [5, 5.41) is 2.67. The van der Waals surface area contributed by atoms with Gasteiger partial charge >= 0.3 is 0 Å². The molecule has 0 saturated heterocycles. The average Bonchev–Trinajstić information content (AvgIpc) is 2.46. The van der Waals surface area contributed by atoms with Gasteiger partial charge in [0.05, 0.1) is 5.69 Å². The normalized spacial score (nSPS) is 10.2. The monoisotopic (exact) mass is 303 g/mol. The zero-order valence-electron chi connectivity index (χ0n) is 12.1. The first-order valence-corrected chi connectivity index (χ1v) is 7.47. The van der Waals surface area contributed by atoms with Crippen LogP contribution in [0.2, 0.25) is 0 Å². The number of nitrogens with one attached hydrogen (secondary N) is 1. The molecule has 0 aliphatic carbocycles. The number of rotatable bonds is 4. The second kappa shape index (κ2) is 6.45. The van der Waals surface area contributed by atoms with Crippen molar-refractivity contribution in [2.75, 3.05) is 28.7 Å². The molecule has 3 N–H and O–H groups in total. The number of amides is 1. The molecule has 0 aliphatic rings. The minimum absolute atomic E-state index is 0.155. The molecule has 0 saturated carbocycles. The van der Waals surface area contributed by atoms with Gasteiger partial charge in [0.2, 0.25) is 5.91 Å². The standard InChI is InChI=1S/C14H17N5OS/c1-9(20)18-13-7-10(4-5-16-13)11-6-12(19(2)21-3)14(15)17-8-11/h4-8H,1-3H3,(H2,15,17)(H,16,18,20). The Hall–Kier alpha value is -2.28. The van der Waals surface area contributed by atoms with Crippen molar-refractivity contribution in [1.82, 2.24) is 9.97 Å². The summed E-state index contributed by atoms with van der Waals surface area (Å²) in [5.41, 5.74) is 8.57. The fourth-order valence-electron chi connectivity index (χ4n) is 1.83. The third-order valence-corrected chi connectivity index (χ3v) is 3.65. The van der Waals surface area contributed by atoms with E-state index in [0.717, 1.165) is 16.8 Å². The lowest BCUT2D eigenvalue weighted by Crippen LogP contribution is -2.09. The van der Waals surface area contributed by atoms with E-state index in [2.05, 4.69) is 15.3 Å². The fraction of sp³-hybridized carbons (Fsp3) is 0.214. The molecule has 110 valence electrons. The number of carbonyl (C=O) groups is 1. The van der Waals surface area contributed by atoms with Gasteiger partial charge in [-0.15, -0.1) is 0 Å². The molecule has 1 amide bonds. The molecule has 2 aromatic heterocycles. The van der Waals surface area contributed by atoms with Crippen molar-refractivity contribution in [3.05, 3.63) is 30.6 Å². The van der Waals surface area contributed by atoms with Crippen molar-refractivity contribution in [3.8, 4) is 11.1 Å². The number of aromatic nitrogens is 2. The van der Waals surface area contributed by atoms with E-state index in [1.807, 2.05) is 29.7 Å². The topological polar surface area (TPSA) is 84.1 Å². The predicted molar refractivity (Wildman–Crippen MR) is 88.1 cm³/mol. The number of hydrogen-bond donors (Lipinski definition) is 2. The Labute approximate surface area is 127 Å². The molecule has 2 heterocycles. The van der Waals surface area contributed by atoms with Gasteiger partial charge in [-0.2, -0.15) is 0 Å². The number of nitrogens with zero attached hydrogens (tertiary/aromatic N) is 3. The van der Waals surface area contributed by atoms with Gasteiger partial charge in [0.1, 0.15) is 11.6 Å². The lowest BCUT2D eigenvalue weighted by molar-refractivity contribution is -0.114. The molecule has 21 heavy (non-hydrogen) atoms. The van der Waals surface area contributed by atoms with E-state index < -0.39 is 0 Å². The zero-order chi connectivity index (χ0) is 15.4. The highest BCUT2D eigenvalue weighted by Crippen LogP contribution is 2.30. The largest absolute Gasteiger partial charge is 0.382 e. The van der Waals surface area contributed by atoms with E-state index in [-0.39, 0.29) is 5.91 Å². The van der Waals surface area contributed by atoms with Crippen molar-refractivity contribution in [3.63, 3.8) is 0 Å². The molecule has 7 heteroatoms. The lowest BCUT2D eigenvalue weighted by atomic mass is 10.1. The number of carbonyl (C=O) groups excluding carboxylic acids is 1. The number of nitrogen functional groups attached to an aromatic ring is 1. The summed E-state index contributed by atoms with van der Waals surface area (Å²) >= 11 is 1.55. The molecule has 0 aliphatic heterocycles. The first-order chi connectivity index (χ1) is 10.0. The summed E-state index contributed by atoms with van der Waals surface area (Å²) in [6, 6.07) is 5.63. The van der Waals surface area contributed by atoms with Crippen molar-refractivity contribution in [2.45, 2.75) is 6.92 Å². The van der Waals surface area contributed by atoms with Crippen LogP contribution < -0.4 is 15.4 Å². The van der Waals surface area contributed by atoms with Gasteiger partial charge in [0, 0.05) is 38.2 Å². The van der Waals surface area contributed by atoms with E-state index >= 15 is 0 Å². The molecule has 0 atom stereocenters. The van der Waals surface area contributed by atoms with E-state index in [1.165, 1.54) is 6.92 Å². The Bertz CT molecular complexity index is 662. The van der Waals surface area contributed by atoms with Crippen LogP contribution in [0.1, 0.15) is 6.92 Å². The van der Waals surface area contributed by atoms with Crippen molar-refractivity contribution in [2.24, 2.45) is 0 Å². The summed E-state index contributed by atoms with van der Waals surface area (Å²) < 4.78 is 1.95. The Balaban J connectivity index is 2.40. The maximum absolute atomic E-state index is 11.1. The van der Waals surface area contributed by atoms with E-state index in [0.29, 0.717) is 11.6 Å². The van der Waals surface area contributed by atoms with Gasteiger partial charge in [-0.25, -0.2) is 9.97 Å². The third kappa shape index (κ3) is 3.63. The van der Waals surface area contributed by atoms with Crippen LogP contribution in [0.3, 0.4) is 0 Å². The minimum Gasteiger partial charge on any atom is -0.382 e. The van der Waals surface area contributed by atoms with Crippen LogP contribution in [0.4, 0.5) is 17.3 Å². The fourth-order valence-corrected chi connectivity index (χ4v) is 2.17. The maximum atomic E-state index is 11.1. The average molecular weight is 303 g/mol. The van der Waals surface area contributed by atoms with Gasteiger partial charge in [-0.3, -0.25) is 4.79 Å². The first kappa shape index (κ1) is 15.1. The summed E-state index contributed by atoms with van der Waals surface area (Å²) in [4.78, 5) is 19.4. The van der Waals surface area contributed by atoms with Crippen LogP contribution in [-0.4, -0.2) is 29.2 Å². The molecular weight excluding hydrogens is 286 g/mol. The Kier molecular flexibility index (Phi) is 4.64. The quantitative estimate of drug-likeness (QED) is 0.844. The van der Waals surface area contributed by atoms with Crippen molar-refractivity contribution >= 4 is 35.2 Å². The third-order valence-electron chi connectivity index (χ3n) is 2.91. The van der Waals surface area contributed by atoms with Gasteiger partial charge in [-0.1, -0.05) is 11.9 Å². The van der Waals surface area contributed by atoms with Crippen LogP contribution in [0.5, 0.6) is 0 Å². The lowest BCUT2D eigenvalue weighted by Gasteiger charge is -2.17. The summed E-state index contributed by atoms with van der Waals surface area (Å²) in [7, 11) is 1.93. The number of pyridine rings is 2. The zero-order valence-corrected chi connectivity index (χ0v) is 12.9. The molecular formula is C14H17N5OS. The molecule has 2 rings (SSSR count). The van der Waals surface area contributed by atoms with Gasteiger partial charge in [-0.05, 0) is 23.8 Å². The maximum Gasteiger partial charge on any atom is 0.222 e. The number of nitrogens with two attached hydrogens (primary N) is 1. The highest BCUT2D eigenvalue weighted by molar-refractivity contribution is 7.99. The second-order valence-corrected chi connectivity index (χ2v) is 5.33. The van der Waals surface area contributed by atoms with E-state index in [4.69, 9.17) is 5.73 Å². The highest BCUT2D eigenvalue weighted by atomic mass is 32.2. The van der Waals surface area contributed by atoms with Crippen LogP contribution in [0.25, 0.3) is 11.1 Å². The van der Waals surface area contributed by atoms with E-state index in [1.54, 1.807) is 30.4 Å². The molecule has 6 nitrogen and oxygen atoms in total. The summed E-state index contributed by atoms with van der Waals surface area (Å²) in [6.45, 7) is 1.45.